The van der Waals surface area contributed by atoms with E-state index in [-0.39, 0.29) is 16.7 Å². The molecule has 0 atom stereocenters. The summed E-state index contributed by atoms with van der Waals surface area (Å²) >= 11 is 0. The van der Waals surface area contributed by atoms with E-state index in [1.165, 1.54) is 0 Å². The second kappa shape index (κ2) is 6.07. The summed E-state index contributed by atoms with van der Waals surface area (Å²) in [7, 11) is 1.84. The van der Waals surface area contributed by atoms with Crippen molar-refractivity contribution in [2.45, 2.75) is 0 Å². The predicted molar refractivity (Wildman–Crippen MR) is 70.1 cm³/mol. The Morgan fingerprint density at radius 2 is 1.94 bits per heavy atom. The molecule has 1 saturated heterocycles. The minimum Gasteiger partial charge on any atom is -0.497 e. The van der Waals surface area contributed by atoms with Crippen LogP contribution >= 0.6 is 0 Å². The Morgan fingerprint density at radius 1 is 1.29 bits per heavy atom. The van der Waals surface area contributed by atoms with Crippen molar-refractivity contribution in [3.8, 4) is 5.75 Å². The van der Waals surface area contributed by atoms with Crippen molar-refractivity contribution in [2.24, 2.45) is 0 Å². The number of hydrogen-bond donors (Lipinski definition) is 0. The number of benzene rings is 1. The number of hydrogen-bond acceptors (Lipinski definition) is 3. The predicted octanol–water partition coefficient (Wildman–Crippen LogP) is 1.53. The Hall–Kier alpha value is -1.00. The van der Waals surface area contributed by atoms with Crippen LogP contribution in [0.1, 0.15) is 10.4 Å². The lowest BCUT2D eigenvalue weighted by atomic mass is 10.1. The summed E-state index contributed by atoms with van der Waals surface area (Å²) in [4.78, 5) is 12.0. The lowest BCUT2D eigenvalue weighted by molar-refractivity contribution is 0.102. The topological polar surface area (TPSA) is 35.5 Å². The van der Waals surface area contributed by atoms with Crippen LogP contribution in [0.2, 0.25) is 0 Å². The lowest BCUT2D eigenvalue weighted by Crippen LogP contribution is -2.31. The molecule has 1 aliphatic rings. The molecule has 0 bridgehead atoms. The summed E-state index contributed by atoms with van der Waals surface area (Å²) in [5.41, 5.74) is 0.782. The minimum absolute atomic E-state index is 0.212. The molecule has 0 N–H and O–H groups in total. The number of carbonyl (C=O) groups excluding carboxylic acids is 1. The van der Waals surface area contributed by atoms with Crippen LogP contribution in [-0.2, 0) is 15.6 Å². The second-order valence-electron chi connectivity index (χ2n) is 3.93. The maximum Gasteiger partial charge on any atom is 0.211 e. The van der Waals surface area contributed by atoms with Gasteiger partial charge in [0.1, 0.15) is 17.3 Å². The molecular weight excluding hydrogens is 236 g/mol. The maximum absolute atomic E-state index is 12.0. The highest BCUT2D eigenvalue weighted by atomic mass is 32.2. The van der Waals surface area contributed by atoms with Gasteiger partial charge in [-0.2, -0.15) is 0 Å². The van der Waals surface area contributed by atoms with Crippen LogP contribution in [0.15, 0.2) is 24.3 Å². The molecular formula is C13H17O3S+. The van der Waals surface area contributed by atoms with E-state index in [0.717, 1.165) is 36.0 Å². The second-order valence-corrected chi connectivity index (χ2v) is 6.26. The maximum atomic E-state index is 12.0. The number of methoxy groups -OCH3 is 1. The number of carbonyl (C=O) groups is 1. The van der Waals surface area contributed by atoms with E-state index in [1.54, 1.807) is 7.11 Å². The summed E-state index contributed by atoms with van der Waals surface area (Å²) in [5, 5.41) is 0. The van der Waals surface area contributed by atoms with Crippen molar-refractivity contribution in [3.05, 3.63) is 29.8 Å². The van der Waals surface area contributed by atoms with Crippen molar-refractivity contribution in [2.75, 3.05) is 37.6 Å². The van der Waals surface area contributed by atoms with Gasteiger partial charge in [0.25, 0.3) is 0 Å². The molecule has 2 rings (SSSR count). The first-order valence-corrected chi connectivity index (χ1v) is 7.42. The van der Waals surface area contributed by atoms with E-state index in [0.29, 0.717) is 5.75 Å². The first kappa shape index (κ1) is 12.5. The van der Waals surface area contributed by atoms with Crippen LogP contribution in [0, 0.1) is 0 Å². The molecule has 1 aromatic carbocycles. The fourth-order valence-corrected chi connectivity index (χ4v) is 3.49. The molecule has 0 saturated carbocycles. The van der Waals surface area contributed by atoms with Crippen LogP contribution in [0.5, 0.6) is 5.75 Å². The van der Waals surface area contributed by atoms with Gasteiger partial charge >= 0.3 is 0 Å². The van der Waals surface area contributed by atoms with Gasteiger partial charge in [-0.3, -0.25) is 4.79 Å². The molecule has 1 aromatic rings. The third kappa shape index (κ3) is 3.48. The molecule has 1 heterocycles. The van der Waals surface area contributed by atoms with Gasteiger partial charge in [-0.15, -0.1) is 0 Å². The summed E-state index contributed by atoms with van der Waals surface area (Å²) in [6.07, 6.45) is 0. The molecule has 0 spiro atoms. The molecule has 0 radical (unpaired) electrons. The standard InChI is InChI=1S/C13H17O3S/c1-15-12-4-2-11(3-5-12)13(14)10-17-8-6-16-7-9-17/h2-5H,6-10H2,1H3/q+1. The fourth-order valence-electron chi connectivity index (χ4n) is 1.75. The van der Waals surface area contributed by atoms with Crippen molar-refractivity contribution < 1.29 is 14.3 Å². The highest BCUT2D eigenvalue weighted by Gasteiger charge is 2.26. The van der Waals surface area contributed by atoms with Crippen LogP contribution < -0.4 is 4.74 Å². The van der Waals surface area contributed by atoms with Crippen molar-refractivity contribution in [1.29, 1.82) is 0 Å². The highest BCUT2D eigenvalue weighted by Crippen LogP contribution is 2.13. The smallest absolute Gasteiger partial charge is 0.211 e. The summed E-state index contributed by atoms with van der Waals surface area (Å²) in [5.74, 6) is 3.74. The zero-order valence-corrected chi connectivity index (χ0v) is 10.8. The van der Waals surface area contributed by atoms with Crippen LogP contribution in [0.3, 0.4) is 0 Å². The first-order chi connectivity index (χ1) is 8.29. The molecule has 17 heavy (non-hydrogen) atoms. The average molecular weight is 253 g/mol. The Bertz CT molecular complexity index is 369. The average Bonchev–Trinajstić information content (AvgIpc) is 2.40. The van der Waals surface area contributed by atoms with E-state index in [9.17, 15) is 4.79 Å². The molecule has 4 heteroatoms. The number of ketones is 1. The third-order valence-corrected chi connectivity index (χ3v) is 4.94. The van der Waals surface area contributed by atoms with Gasteiger partial charge in [0.2, 0.25) is 5.78 Å². The van der Waals surface area contributed by atoms with Gasteiger partial charge in [-0.25, -0.2) is 0 Å². The van der Waals surface area contributed by atoms with E-state index >= 15 is 0 Å². The first-order valence-electron chi connectivity index (χ1n) is 5.68. The van der Waals surface area contributed by atoms with E-state index in [1.807, 2.05) is 24.3 Å². The van der Waals surface area contributed by atoms with E-state index < -0.39 is 0 Å². The minimum atomic E-state index is 0.212. The van der Waals surface area contributed by atoms with Gasteiger partial charge in [0.15, 0.2) is 5.75 Å². The fraction of sp³-hybridized carbons (Fsp3) is 0.462. The Balaban J connectivity index is 1.93. The molecule has 0 amide bonds. The van der Waals surface area contributed by atoms with Gasteiger partial charge in [0, 0.05) is 16.5 Å². The van der Waals surface area contributed by atoms with Gasteiger partial charge < -0.3 is 9.47 Å². The zero-order valence-electron chi connectivity index (χ0n) is 9.98. The van der Waals surface area contributed by atoms with E-state index in [4.69, 9.17) is 9.47 Å². The van der Waals surface area contributed by atoms with Crippen molar-refractivity contribution in [1.82, 2.24) is 0 Å². The summed E-state index contributed by atoms with van der Waals surface area (Å²) in [6.45, 7) is 1.61. The number of rotatable bonds is 4. The Morgan fingerprint density at radius 3 is 2.53 bits per heavy atom. The van der Waals surface area contributed by atoms with Crippen molar-refractivity contribution in [3.63, 3.8) is 0 Å². The molecule has 1 fully saturated rings. The molecule has 1 aliphatic heterocycles. The normalized spacial score (nSPS) is 16.8. The van der Waals surface area contributed by atoms with Gasteiger partial charge in [-0.05, 0) is 24.3 Å². The number of ether oxygens (including phenoxy) is 2. The van der Waals surface area contributed by atoms with Gasteiger partial charge in [-0.1, -0.05) is 0 Å². The molecule has 3 nitrogen and oxygen atoms in total. The lowest BCUT2D eigenvalue weighted by Gasteiger charge is -2.13. The zero-order chi connectivity index (χ0) is 12.1. The van der Waals surface area contributed by atoms with Crippen molar-refractivity contribution >= 4 is 16.7 Å². The molecule has 0 aromatic heterocycles. The SMILES string of the molecule is COc1ccc(C(=O)C[S+]2CCOCC2)cc1. The summed E-state index contributed by atoms with van der Waals surface area (Å²) < 4.78 is 10.4. The van der Waals surface area contributed by atoms with Crippen LogP contribution in [0.4, 0.5) is 0 Å². The summed E-state index contributed by atoms with van der Waals surface area (Å²) in [6, 6.07) is 7.34. The monoisotopic (exact) mass is 253 g/mol. The van der Waals surface area contributed by atoms with Gasteiger partial charge in [0.05, 0.1) is 20.3 Å². The van der Waals surface area contributed by atoms with Crippen LogP contribution in [0.25, 0.3) is 0 Å². The van der Waals surface area contributed by atoms with E-state index in [2.05, 4.69) is 0 Å². The molecule has 92 valence electrons. The molecule has 0 aliphatic carbocycles. The Labute approximate surface area is 104 Å². The highest BCUT2D eigenvalue weighted by molar-refractivity contribution is 7.97. The Kier molecular flexibility index (Phi) is 4.45. The largest absolute Gasteiger partial charge is 0.497 e. The molecule has 0 unspecified atom stereocenters. The van der Waals surface area contributed by atoms with Crippen LogP contribution in [-0.4, -0.2) is 43.4 Å². The number of Topliss-reactive ketones (excluding diaryl/α,β-unsaturated/α-hetero) is 1. The third-order valence-electron chi connectivity index (χ3n) is 2.78. The quantitative estimate of drug-likeness (QED) is 0.603.